The van der Waals surface area contributed by atoms with E-state index in [1.165, 1.54) is 0 Å². The summed E-state index contributed by atoms with van der Waals surface area (Å²) < 4.78 is 5.45. The summed E-state index contributed by atoms with van der Waals surface area (Å²) in [7, 11) is 0. The molecule has 0 aliphatic carbocycles. The van der Waals surface area contributed by atoms with Gasteiger partial charge in [-0.3, -0.25) is 4.79 Å². The van der Waals surface area contributed by atoms with Crippen LogP contribution in [-0.4, -0.2) is 58.5 Å². The van der Waals surface area contributed by atoms with Crippen LogP contribution in [0.4, 0.5) is 5.95 Å². The maximum atomic E-state index is 12.9. The second-order valence-corrected chi connectivity index (χ2v) is 7.64. The van der Waals surface area contributed by atoms with Gasteiger partial charge in [-0.2, -0.15) is 4.98 Å². The molecule has 0 spiro atoms. The predicted octanol–water partition coefficient (Wildman–Crippen LogP) is 3.27. The number of aromatic nitrogens is 3. The lowest BCUT2D eigenvalue weighted by Crippen LogP contribution is -2.49. The van der Waals surface area contributed by atoms with Crippen LogP contribution >= 0.6 is 11.3 Å². The predicted molar refractivity (Wildman–Crippen MR) is 114 cm³/mol. The van der Waals surface area contributed by atoms with Crippen molar-refractivity contribution in [2.75, 3.05) is 37.7 Å². The van der Waals surface area contributed by atoms with Crippen LogP contribution < -0.4 is 9.64 Å². The molecule has 1 fully saturated rings. The fourth-order valence-electron chi connectivity index (χ4n) is 3.25. The Labute approximate surface area is 174 Å². The van der Waals surface area contributed by atoms with Crippen LogP contribution in [0.25, 0.3) is 10.6 Å². The largest absolute Gasteiger partial charge is 0.478 e. The zero-order valence-corrected chi connectivity index (χ0v) is 17.4. The molecule has 29 heavy (non-hydrogen) atoms. The molecule has 1 aliphatic heterocycles. The van der Waals surface area contributed by atoms with Gasteiger partial charge in [-0.15, -0.1) is 11.3 Å². The zero-order valence-electron chi connectivity index (χ0n) is 16.5. The average molecular weight is 410 g/mol. The number of rotatable bonds is 5. The minimum Gasteiger partial charge on any atom is -0.478 e. The summed E-state index contributed by atoms with van der Waals surface area (Å²) >= 11 is 1.61. The monoisotopic (exact) mass is 409 g/mol. The van der Waals surface area contributed by atoms with E-state index in [2.05, 4.69) is 19.9 Å². The molecule has 1 aliphatic rings. The van der Waals surface area contributed by atoms with Gasteiger partial charge in [0.25, 0.3) is 5.91 Å². The minimum absolute atomic E-state index is 0.0514. The van der Waals surface area contributed by atoms with Crippen LogP contribution in [0.5, 0.6) is 5.88 Å². The molecule has 7 nitrogen and oxygen atoms in total. The number of piperazine rings is 1. The van der Waals surface area contributed by atoms with Crippen molar-refractivity contribution in [1.82, 2.24) is 19.9 Å². The lowest BCUT2D eigenvalue weighted by Gasteiger charge is -2.34. The summed E-state index contributed by atoms with van der Waals surface area (Å²) in [5.74, 6) is 1.27. The molecule has 0 atom stereocenters. The normalized spacial score (nSPS) is 14.1. The maximum absolute atomic E-state index is 12.9. The van der Waals surface area contributed by atoms with Crippen molar-refractivity contribution in [1.29, 1.82) is 0 Å². The van der Waals surface area contributed by atoms with E-state index in [0.29, 0.717) is 50.2 Å². The number of amides is 1. The second-order valence-electron chi connectivity index (χ2n) is 6.78. The standard InChI is InChI=1S/C21H23N5O2S/c1-3-28-18-8-9-22-21(24-18)26-12-10-25(11-13-26)20(27)17-6-4-16(5-7-17)19-23-15(2)14-29-19/h4-9,14H,3,10-13H2,1-2H3. The van der Waals surface area contributed by atoms with Gasteiger partial charge in [0, 0.05) is 60.6 Å². The summed E-state index contributed by atoms with van der Waals surface area (Å²) in [5.41, 5.74) is 2.75. The van der Waals surface area contributed by atoms with Crippen LogP contribution in [0.2, 0.25) is 0 Å². The van der Waals surface area contributed by atoms with Gasteiger partial charge in [0.05, 0.1) is 6.61 Å². The molecule has 1 aromatic carbocycles. The van der Waals surface area contributed by atoms with Gasteiger partial charge in [-0.25, -0.2) is 9.97 Å². The van der Waals surface area contributed by atoms with Gasteiger partial charge >= 0.3 is 0 Å². The van der Waals surface area contributed by atoms with Crippen LogP contribution in [0, 0.1) is 6.92 Å². The fourth-order valence-corrected chi connectivity index (χ4v) is 4.05. The number of benzene rings is 1. The Morgan fingerprint density at radius 3 is 2.52 bits per heavy atom. The molecule has 3 heterocycles. The van der Waals surface area contributed by atoms with Gasteiger partial charge in [-0.05, 0) is 26.0 Å². The first kappa shape index (κ1) is 19.3. The number of hydrogen-bond acceptors (Lipinski definition) is 7. The highest BCUT2D eigenvalue weighted by Crippen LogP contribution is 2.24. The first-order valence-corrected chi connectivity index (χ1v) is 10.5. The molecule has 150 valence electrons. The molecule has 2 aromatic heterocycles. The summed E-state index contributed by atoms with van der Waals surface area (Å²) in [5, 5.41) is 3.01. The smallest absolute Gasteiger partial charge is 0.253 e. The highest BCUT2D eigenvalue weighted by atomic mass is 32.1. The fraction of sp³-hybridized carbons (Fsp3) is 0.333. The summed E-state index contributed by atoms with van der Waals surface area (Å²) in [4.78, 5) is 30.1. The number of ether oxygens (including phenoxy) is 1. The summed E-state index contributed by atoms with van der Waals surface area (Å²) in [6.45, 7) is 7.13. The molecule has 0 unspecified atom stereocenters. The number of carbonyl (C=O) groups excluding carboxylic acids is 1. The molecule has 8 heteroatoms. The molecule has 0 bridgehead atoms. The average Bonchev–Trinajstić information content (AvgIpc) is 3.20. The van der Waals surface area contributed by atoms with Crippen LogP contribution in [0.15, 0.2) is 41.9 Å². The molecule has 4 rings (SSSR count). The van der Waals surface area contributed by atoms with E-state index < -0.39 is 0 Å². The number of hydrogen-bond donors (Lipinski definition) is 0. The third-order valence-corrected chi connectivity index (χ3v) is 5.77. The third-order valence-electron chi connectivity index (χ3n) is 4.76. The van der Waals surface area contributed by atoms with E-state index in [-0.39, 0.29) is 5.91 Å². The molecule has 0 N–H and O–H groups in total. The van der Waals surface area contributed by atoms with Crippen molar-refractivity contribution in [3.63, 3.8) is 0 Å². The number of thiazole rings is 1. The molecule has 1 amide bonds. The highest BCUT2D eigenvalue weighted by molar-refractivity contribution is 7.13. The topological polar surface area (TPSA) is 71.5 Å². The van der Waals surface area contributed by atoms with Crippen LogP contribution in [-0.2, 0) is 0 Å². The van der Waals surface area contributed by atoms with Crippen LogP contribution in [0.1, 0.15) is 23.0 Å². The molecule has 0 saturated carbocycles. The number of anilines is 1. The lowest BCUT2D eigenvalue weighted by molar-refractivity contribution is 0.0746. The molecular weight excluding hydrogens is 386 g/mol. The van der Waals surface area contributed by atoms with E-state index in [9.17, 15) is 4.79 Å². The summed E-state index contributed by atoms with van der Waals surface area (Å²) in [6.07, 6.45) is 1.70. The van der Waals surface area contributed by atoms with E-state index in [0.717, 1.165) is 16.3 Å². The zero-order chi connectivity index (χ0) is 20.2. The molecule has 0 radical (unpaired) electrons. The quantitative estimate of drug-likeness (QED) is 0.644. The van der Waals surface area contributed by atoms with Crippen molar-refractivity contribution in [3.8, 4) is 16.5 Å². The van der Waals surface area contributed by atoms with Gasteiger partial charge in [0.1, 0.15) is 5.01 Å². The third kappa shape index (κ3) is 4.37. The Hall–Kier alpha value is -3.00. The Morgan fingerprint density at radius 1 is 1.10 bits per heavy atom. The Kier molecular flexibility index (Phi) is 5.71. The SMILES string of the molecule is CCOc1ccnc(N2CCN(C(=O)c3ccc(-c4nc(C)cs4)cc3)CC2)n1. The van der Waals surface area contributed by atoms with E-state index in [4.69, 9.17) is 4.74 Å². The van der Waals surface area contributed by atoms with E-state index in [1.807, 2.05) is 48.4 Å². The summed E-state index contributed by atoms with van der Waals surface area (Å²) in [6, 6.07) is 9.46. The molecular formula is C21H23N5O2S. The Morgan fingerprint density at radius 2 is 1.86 bits per heavy atom. The number of aryl methyl sites for hydroxylation is 1. The van der Waals surface area contributed by atoms with Crippen molar-refractivity contribution in [2.45, 2.75) is 13.8 Å². The Balaban J connectivity index is 1.38. The first-order chi connectivity index (χ1) is 14.1. The second kappa shape index (κ2) is 8.57. The number of nitrogens with zero attached hydrogens (tertiary/aromatic N) is 5. The molecule has 1 saturated heterocycles. The van der Waals surface area contributed by atoms with Crippen molar-refractivity contribution in [3.05, 3.63) is 53.2 Å². The lowest BCUT2D eigenvalue weighted by atomic mass is 10.1. The minimum atomic E-state index is 0.0514. The van der Waals surface area contributed by atoms with Gasteiger partial charge in [-0.1, -0.05) is 12.1 Å². The van der Waals surface area contributed by atoms with E-state index in [1.54, 1.807) is 23.6 Å². The highest BCUT2D eigenvalue weighted by Gasteiger charge is 2.23. The molecule has 3 aromatic rings. The number of carbonyl (C=O) groups is 1. The van der Waals surface area contributed by atoms with E-state index >= 15 is 0 Å². The van der Waals surface area contributed by atoms with Crippen molar-refractivity contribution >= 4 is 23.2 Å². The van der Waals surface area contributed by atoms with Gasteiger partial charge in [0.15, 0.2) is 0 Å². The van der Waals surface area contributed by atoms with Crippen molar-refractivity contribution in [2.24, 2.45) is 0 Å². The van der Waals surface area contributed by atoms with Gasteiger partial charge in [0.2, 0.25) is 11.8 Å². The first-order valence-electron chi connectivity index (χ1n) is 9.66. The Bertz CT molecular complexity index is 981. The van der Waals surface area contributed by atoms with Crippen LogP contribution in [0.3, 0.4) is 0 Å². The van der Waals surface area contributed by atoms with Gasteiger partial charge < -0.3 is 14.5 Å². The maximum Gasteiger partial charge on any atom is 0.253 e. The van der Waals surface area contributed by atoms with Crippen molar-refractivity contribution < 1.29 is 9.53 Å².